The number of hydrogen-bond donors (Lipinski definition) is 1. The number of hydrogen-bond acceptors (Lipinski definition) is 3. The van der Waals surface area contributed by atoms with Crippen LogP contribution in [-0.4, -0.2) is 25.9 Å². The van der Waals surface area contributed by atoms with E-state index in [4.69, 9.17) is 9.47 Å². The van der Waals surface area contributed by atoms with Crippen molar-refractivity contribution in [1.29, 1.82) is 0 Å². The molecule has 4 nitrogen and oxygen atoms in total. The smallest absolute Gasteiger partial charge is 0.229 e. The van der Waals surface area contributed by atoms with Gasteiger partial charge in [-0.1, -0.05) is 31.5 Å². The number of methoxy groups -OCH3 is 2. The Morgan fingerprint density at radius 1 is 1.22 bits per heavy atom. The summed E-state index contributed by atoms with van der Waals surface area (Å²) in [6, 6.07) is 9.35. The highest BCUT2D eigenvalue weighted by Gasteiger charge is 2.31. The van der Waals surface area contributed by atoms with Crippen molar-refractivity contribution in [3.63, 3.8) is 0 Å². The molecule has 0 aliphatic heterocycles. The second kappa shape index (κ2) is 7.13. The predicted molar refractivity (Wildman–Crippen MR) is 71.3 cm³/mol. The maximum absolute atomic E-state index is 11.9. The van der Waals surface area contributed by atoms with Crippen LogP contribution in [0.2, 0.25) is 0 Å². The molecular weight excluding hydrogens is 230 g/mol. The summed E-state index contributed by atoms with van der Waals surface area (Å²) < 4.78 is 10.7. The van der Waals surface area contributed by atoms with Gasteiger partial charge in [0.25, 0.3) is 0 Å². The molecule has 0 aromatic heterocycles. The SMILES string of the molecule is CCCC(CC(=O)Nc1ccccc1)(OC)OC. The molecule has 0 saturated carbocycles. The molecule has 0 atom stereocenters. The van der Waals surface area contributed by atoms with Crippen LogP contribution in [0, 0.1) is 0 Å². The molecule has 4 heteroatoms. The molecule has 0 aliphatic carbocycles. The highest BCUT2D eigenvalue weighted by atomic mass is 16.7. The van der Waals surface area contributed by atoms with Crippen LogP contribution in [0.25, 0.3) is 0 Å². The summed E-state index contributed by atoms with van der Waals surface area (Å²) in [4.78, 5) is 11.9. The largest absolute Gasteiger partial charge is 0.353 e. The fourth-order valence-electron chi connectivity index (χ4n) is 1.87. The first kappa shape index (κ1) is 14.7. The van der Waals surface area contributed by atoms with Crippen LogP contribution in [0.15, 0.2) is 30.3 Å². The summed E-state index contributed by atoms with van der Waals surface area (Å²) in [5.41, 5.74) is 0.778. The number of carbonyl (C=O) groups excluding carboxylic acids is 1. The number of ether oxygens (including phenoxy) is 2. The number of carbonyl (C=O) groups is 1. The van der Waals surface area contributed by atoms with Gasteiger partial charge in [0.2, 0.25) is 5.91 Å². The van der Waals surface area contributed by atoms with Gasteiger partial charge in [-0.2, -0.15) is 0 Å². The van der Waals surface area contributed by atoms with Gasteiger partial charge in [0, 0.05) is 26.3 Å². The van der Waals surface area contributed by atoms with Crippen LogP contribution in [0.3, 0.4) is 0 Å². The third kappa shape index (κ3) is 4.13. The van der Waals surface area contributed by atoms with Gasteiger partial charge >= 0.3 is 0 Å². The van der Waals surface area contributed by atoms with Gasteiger partial charge in [-0.15, -0.1) is 0 Å². The van der Waals surface area contributed by atoms with Crippen molar-refractivity contribution in [3.8, 4) is 0 Å². The third-order valence-corrected chi connectivity index (χ3v) is 2.86. The van der Waals surface area contributed by atoms with Gasteiger partial charge in [0.1, 0.15) is 0 Å². The van der Waals surface area contributed by atoms with Crippen molar-refractivity contribution in [3.05, 3.63) is 30.3 Å². The minimum absolute atomic E-state index is 0.113. The zero-order valence-corrected chi connectivity index (χ0v) is 11.2. The summed E-state index contributed by atoms with van der Waals surface area (Å²) in [5.74, 6) is -0.938. The molecule has 0 radical (unpaired) electrons. The Hall–Kier alpha value is -1.39. The number of nitrogens with one attached hydrogen (secondary N) is 1. The van der Waals surface area contributed by atoms with E-state index in [1.54, 1.807) is 14.2 Å². The van der Waals surface area contributed by atoms with E-state index in [1.165, 1.54) is 0 Å². The normalized spacial score (nSPS) is 11.3. The Bertz CT molecular complexity index is 361. The molecule has 18 heavy (non-hydrogen) atoms. The highest BCUT2D eigenvalue weighted by molar-refractivity contribution is 5.91. The zero-order chi connectivity index (χ0) is 13.4. The molecular formula is C14H21NO3. The molecule has 0 spiro atoms. The molecule has 1 rings (SSSR count). The fraction of sp³-hybridized carbons (Fsp3) is 0.500. The van der Waals surface area contributed by atoms with Crippen molar-refractivity contribution in [2.75, 3.05) is 19.5 Å². The van der Waals surface area contributed by atoms with E-state index in [9.17, 15) is 4.79 Å². The molecule has 1 N–H and O–H groups in total. The molecule has 0 saturated heterocycles. The molecule has 0 fully saturated rings. The topological polar surface area (TPSA) is 47.6 Å². The van der Waals surface area contributed by atoms with E-state index in [-0.39, 0.29) is 12.3 Å². The Labute approximate surface area is 108 Å². The zero-order valence-electron chi connectivity index (χ0n) is 11.2. The number of para-hydroxylation sites is 1. The number of benzene rings is 1. The third-order valence-electron chi connectivity index (χ3n) is 2.86. The summed E-state index contributed by atoms with van der Waals surface area (Å²) in [6.07, 6.45) is 1.76. The first-order valence-corrected chi connectivity index (χ1v) is 6.11. The van der Waals surface area contributed by atoms with E-state index in [2.05, 4.69) is 5.32 Å². The first-order chi connectivity index (χ1) is 8.65. The van der Waals surface area contributed by atoms with Crippen molar-refractivity contribution >= 4 is 11.6 Å². The number of anilines is 1. The first-order valence-electron chi connectivity index (χ1n) is 6.11. The summed E-state index contributed by atoms with van der Waals surface area (Å²) in [6.45, 7) is 2.03. The van der Waals surface area contributed by atoms with Crippen LogP contribution in [0.5, 0.6) is 0 Å². The molecule has 100 valence electrons. The van der Waals surface area contributed by atoms with Crippen molar-refractivity contribution in [2.24, 2.45) is 0 Å². The van der Waals surface area contributed by atoms with Crippen molar-refractivity contribution in [1.82, 2.24) is 0 Å². The van der Waals surface area contributed by atoms with Crippen LogP contribution < -0.4 is 5.32 Å². The highest BCUT2D eigenvalue weighted by Crippen LogP contribution is 2.23. The number of rotatable bonds is 7. The Morgan fingerprint density at radius 3 is 2.33 bits per heavy atom. The molecule has 1 aromatic rings. The summed E-state index contributed by atoms with van der Waals surface area (Å²) in [5, 5.41) is 2.83. The van der Waals surface area contributed by atoms with Gasteiger partial charge in [-0.25, -0.2) is 0 Å². The standard InChI is InChI=1S/C14H21NO3/c1-4-10-14(17-2,18-3)11-13(16)15-12-8-6-5-7-9-12/h5-9H,4,10-11H2,1-3H3,(H,15,16). The molecule has 1 aromatic carbocycles. The van der Waals surface area contributed by atoms with E-state index in [0.29, 0.717) is 6.42 Å². The molecule has 0 aliphatic rings. The van der Waals surface area contributed by atoms with Gasteiger partial charge < -0.3 is 14.8 Å². The maximum Gasteiger partial charge on any atom is 0.229 e. The minimum Gasteiger partial charge on any atom is -0.353 e. The second-order valence-corrected chi connectivity index (χ2v) is 4.16. The Balaban J connectivity index is 2.62. The quantitative estimate of drug-likeness (QED) is 0.758. The Kier molecular flexibility index (Phi) is 5.82. The molecule has 0 heterocycles. The lowest BCUT2D eigenvalue weighted by Crippen LogP contribution is -2.38. The van der Waals surface area contributed by atoms with Crippen molar-refractivity contribution in [2.45, 2.75) is 32.0 Å². The monoisotopic (exact) mass is 251 g/mol. The molecule has 1 amide bonds. The van der Waals surface area contributed by atoms with E-state index in [0.717, 1.165) is 12.1 Å². The van der Waals surface area contributed by atoms with Crippen LogP contribution in [0.1, 0.15) is 26.2 Å². The van der Waals surface area contributed by atoms with E-state index in [1.807, 2.05) is 37.3 Å². The van der Waals surface area contributed by atoms with Crippen LogP contribution in [-0.2, 0) is 14.3 Å². The maximum atomic E-state index is 11.9. The second-order valence-electron chi connectivity index (χ2n) is 4.16. The van der Waals surface area contributed by atoms with Crippen LogP contribution >= 0.6 is 0 Å². The lowest BCUT2D eigenvalue weighted by atomic mass is 10.1. The van der Waals surface area contributed by atoms with E-state index < -0.39 is 5.79 Å². The number of amides is 1. The van der Waals surface area contributed by atoms with Crippen molar-refractivity contribution < 1.29 is 14.3 Å². The molecule has 0 unspecified atom stereocenters. The van der Waals surface area contributed by atoms with Gasteiger partial charge in [0.05, 0.1) is 6.42 Å². The predicted octanol–water partition coefficient (Wildman–Crippen LogP) is 2.80. The average Bonchev–Trinajstić information content (AvgIpc) is 2.39. The van der Waals surface area contributed by atoms with Gasteiger partial charge in [0.15, 0.2) is 5.79 Å². The lowest BCUT2D eigenvalue weighted by molar-refractivity contribution is -0.213. The summed E-state index contributed by atoms with van der Waals surface area (Å²) >= 11 is 0. The fourth-order valence-corrected chi connectivity index (χ4v) is 1.87. The van der Waals surface area contributed by atoms with Gasteiger partial charge in [-0.05, 0) is 12.1 Å². The van der Waals surface area contributed by atoms with Crippen LogP contribution in [0.4, 0.5) is 5.69 Å². The summed E-state index contributed by atoms with van der Waals surface area (Å²) in [7, 11) is 3.13. The van der Waals surface area contributed by atoms with Gasteiger partial charge in [-0.3, -0.25) is 4.79 Å². The Morgan fingerprint density at radius 2 is 1.83 bits per heavy atom. The minimum atomic E-state index is -0.826. The molecule has 0 bridgehead atoms. The van der Waals surface area contributed by atoms with E-state index >= 15 is 0 Å². The lowest BCUT2D eigenvalue weighted by Gasteiger charge is -2.30. The average molecular weight is 251 g/mol.